The van der Waals surface area contributed by atoms with Crippen LogP contribution < -0.4 is 10.1 Å². The lowest BCUT2D eigenvalue weighted by Crippen LogP contribution is -2.07. The van der Waals surface area contributed by atoms with Crippen LogP contribution in [-0.4, -0.2) is 10.9 Å². The standard InChI is InChI=1S/C18H14N2O3/c21-18(7-6-15-5-2-12-22-15)20-14-3-1-4-17(13-14)23-16-8-10-19-11-9-16/h1-13H,(H,20,21). The molecule has 114 valence electrons. The van der Waals surface area contributed by atoms with E-state index in [0.29, 0.717) is 22.9 Å². The molecule has 0 unspecified atom stereocenters. The highest BCUT2D eigenvalue weighted by Gasteiger charge is 2.02. The molecule has 0 aliphatic carbocycles. The van der Waals surface area contributed by atoms with Gasteiger partial charge < -0.3 is 14.5 Å². The van der Waals surface area contributed by atoms with E-state index in [0.717, 1.165) is 0 Å². The van der Waals surface area contributed by atoms with Crippen molar-refractivity contribution in [2.24, 2.45) is 0 Å². The van der Waals surface area contributed by atoms with E-state index >= 15 is 0 Å². The first-order valence-electron chi connectivity index (χ1n) is 7.00. The maximum atomic E-state index is 11.9. The van der Waals surface area contributed by atoms with Crippen molar-refractivity contribution in [2.45, 2.75) is 0 Å². The molecular formula is C18H14N2O3. The molecule has 1 amide bonds. The number of nitrogens with zero attached hydrogens (tertiary/aromatic N) is 1. The summed E-state index contributed by atoms with van der Waals surface area (Å²) in [5, 5.41) is 2.77. The van der Waals surface area contributed by atoms with Crippen molar-refractivity contribution in [3.8, 4) is 11.5 Å². The van der Waals surface area contributed by atoms with Crippen LogP contribution in [0.25, 0.3) is 6.08 Å². The number of furan rings is 1. The van der Waals surface area contributed by atoms with Crippen LogP contribution in [0.2, 0.25) is 0 Å². The highest BCUT2D eigenvalue weighted by atomic mass is 16.5. The van der Waals surface area contributed by atoms with Crippen LogP contribution in [0.15, 0.2) is 77.7 Å². The Kier molecular flexibility index (Phi) is 4.49. The lowest BCUT2D eigenvalue weighted by molar-refractivity contribution is -0.111. The monoisotopic (exact) mass is 306 g/mol. The predicted molar refractivity (Wildman–Crippen MR) is 87.1 cm³/mol. The number of carbonyl (C=O) groups excluding carboxylic acids is 1. The van der Waals surface area contributed by atoms with Gasteiger partial charge in [-0.1, -0.05) is 6.07 Å². The first-order chi connectivity index (χ1) is 11.3. The summed E-state index contributed by atoms with van der Waals surface area (Å²) in [7, 11) is 0. The number of amides is 1. The average Bonchev–Trinajstić information content (AvgIpc) is 3.08. The van der Waals surface area contributed by atoms with E-state index in [2.05, 4.69) is 10.3 Å². The minimum Gasteiger partial charge on any atom is -0.465 e. The average molecular weight is 306 g/mol. The first-order valence-corrected chi connectivity index (χ1v) is 7.00. The van der Waals surface area contributed by atoms with Gasteiger partial charge >= 0.3 is 0 Å². The second-order valence-corrected chi connectivity index (χ2v) is 4.65. The SMILES string of the molecule is O=C(C=Cc1ccco1)Nc1cccc(Oc2ccncc2)c1. The number of nitrogens with one attached hydrogen (secondary N) is 1. The van der Waals surface area contributed by atoms with Gasteiger partial charge in [0.2, 0.25) is 5.91 Å². The fourth-order valence-corrected chi connectivity index (χ4v) is 1.91. The molecule has 0 atom stereocenters. The van der Waals surface area contributed by atoms with E-state index in [1.807, 2.05) is 12.1 Å². The molecule has 3 aromatic rings. The van der Waals surface area contributed by atoms with Crippen molar-refractivity contribution in [2.75, 3.05) is 5.32 Å². The van der Waals surface area contributed by atoms with E-state index in [9.17, 15) is 4.79 Å². The number of hydrogen-bond donors (Lipinski definition) is 1. The van der Waals surface area contributed by atoms with Crippen LogP contribution in [0.3, 0.4) is 0 Å². The number of rotatable bonds is 5. The molecule has 1 N–H and O–H groups in total. The number of ether oxygens (including phenoxy) is 1. The zero-order valence-corrected chi connectivity index (χ0v) is 12.2. The van der Waals surface area contributed by atoms with Crippen molar-refractivity contribution < 1.29 is 13.9 Å². The van der Waals surface area contributed by atoms with Crippen LogP contribution in [0.5, 0.6) is 11.5 Å². The Hall–Kier alpha value is -3.34. The summed E-state index contributed by atoms with van der Waals surface area (Å²) < 4.78 is 10.8. The molecule has 2 aromatic heterocycles. The minimum atomic E-state index is -0.248. The van der Waals surface area contributed by atoms with Gasteiger partial charge in [0.25, 0.3) is 0 Å². The number of anilines is 1. The Balaban J connectivity index is 1.64. The Morgan fingerprint density at radius 2 is 1.96 bits per heavy atom. The molecule has 3 rings (SSSR count). The second-order valence-electron chi connectivity index (χ2n) is 4.65. The maximum absolute atomic E-state index is 11.9. The number of pyridine rings is 1. The molecule has 0 aliphatic heterocycles. The third-order valence-electron chi connectivity index (χ3n) is 2.93. The van der Waals surface area contributed by atoms with E-state index in [1.54, 1.807) is 61.1 Å². The number of carbonyl (C=O) groups is 1. The summed E-state index contributed by atoms with van der Waals surface area (Å²) in [6, 6.07) is 14.2. The van der Waals surface area contributed by atoms with Crippen LogP contribution >= 0.6 is 0 Å². The van der Waals surface area contributed by atoms with Gasteiger partial charge in [-0.2, -0.15) is 0 Å². The fourth-order valence-electron chi connectivity index (χ4n) is 1.91. The molecule has 0 aliphatic rings. The highest BCUT2D eigenvalue weighted by Crippen LogP contribution is 2.23. The third kappa shape index (κ3) is 4.31. The summed E-state index contributed by atoms with van der Waals surface area (Å²) in [5.41, 5.74) is 0.644. The largest absolute Gasteiger partial charge is 0.465 e. The molecule has 0 saturated heterocycles. The highest BCUT2D eigenvalue weighted by molar-refractivity contribution is 6.01. The first kappa shape index (κ1) is 14.6. The molecular weight excluding hydrogens is 292 g/mol. The molecule has 0 radical (unpaired) electrons. The summed E-state index contributed by atoms with van der Waals surface area (Å²) in [6.45, 7) is 0. The van der Waals surface area contributed by atoms with E-state index in [1.165, 1.54) is 6.08 Å². The number of hydrogen-bond acceptors (Lipinski definition) is 4. The molecule has 5 nitrogen and oxygen atoms in total. The molecule has 2 heterocycles. The molecule has 1 aromatic carbocycles. The van der Waals surface area contributed by atoms with Crippen molar-refractivity contribution in [3.05, 3.63) is 79.0 Å². The Bertz CT molecular complexity index is 796. The van der Waals surface area contributed by atoms with Gasteiger partial charge in [-0.3, -0.25) is 9.78 Å². The topological polar surface area (TPSA) is 64.4 Å². The fraction of sp³-hybridized carbons (Fsp3) is 0. The van der Waals surface area contributed by atoms with Crippen LogP contribution in [0, 0.1) is 0 Å². The molecule has 0 fully saturated rings. The van der Waals surface area contributed by atoms with Gasteiger partial charge in [0.15, 0.2) is 0 Å². The Labute approximate surface area is 133 Å². The number of benzene rings is 1. The molecule has 0 saturated carbocycles. The molecule has 0 bridgehead atoms. The summed E-state index contributed by atoms with van der Waals surface area (Å²) in [4.78, 5) is 15.8. The lowest BCUT2D eigenvalue weighted by Gasteiger charge is -2.07. The second kappa shape index (κ2) is 7.09. The van der Waals surface area contributed by atoms with Crippen molar-refractivity contribution in [3.63, 3.8) is 0 Å². The van der Waals surface area contributed by atoms with Gasteiger partial charge in [-0.25, -0.2) is 0 Å². The van der Waals surface area contributed by atoms with Gasteiger partial charge in [-0.15, -0.1) is 0 Å². The molecule has 5 heteroatoms. The Morgan fingerprint density at radius 1 is 1.09 bits per heavy atom. The van der Waals surface area contributed by atoms with Crippen LogP contribution in [0.1, 0.15) is 5.76 Å². The molecule has 23 heavy (non-hydrogen) atoms. The smallest absolute Gasteiger partial charge is 0.248 e. The maximum Gasteiger partial charge on any atom is 0.248 e. The van der Waals surface area contributed by atoms with Gasteiger partial charge in [-0.05, 0) is 42.5 Å². The van der Waals surface area contributed by atoms with Gasteiger partial charge in [0.05, 0.1) is 6.26 Å². The summed E-state index contributed by atoms with van der Waals surface area (Å²) in [6.07, 6.45) is 7.88. The van der Waals surface area contributed by atoms with E-state index in [-0.39, 0.29) is 5.91 Å². The van der Waals surface area contributed by atoms with Gasteiger partial charge in [0.1, 0.15) is 17.3 Å². The number of aromatic nitrogens is 1. The third-order valence-corrected chi connectivity index (χ3v) is 2.93. The zero-order valence-electron chi connectivity index (χ0n) is 12.2. The van der Waals surface area contributed by atoms with Crippen molar-refractivity contribution in [1.29, 1.82) is 0 Å². The van der Waals surface area contributed by atoms with Crippen LogP contribution in [-0.2, 0) is 4.79 Å². The van der Waals surface area contributed by atoms with Crippen LogP contribution in [0.4, 0.5) is 5.69 Å². The zero-order chi connectivity index (χ0) is 15.9. The van der Waals surface area contributed by atoms with Crippen molar-refractivity contribution in [1.82, 2.24) is 4.98 Å². The van der Waals surface area contributed by atoms with E-state index in [4.69, 9.17) is 9.15 Å². The summed E-state index contributed by atoms with van der Waals surface area (Å²) in [5.74, 6) is 1.68. The lowest BCUT2D eigenvalue weighted by atomic mass is 10.3. The quantitative estimate of drug-likeness (QED) is 0.720. The van der Waals surface area contributed by atoms with Gasteiger partial charge in [0, 0.05) is 30.2 Å². The summed E-state index contributed by atoms with van der Waals surface area (Å²) >= 11 is 0. The normalized spacial score (nSPS) is 10.6. The van der Waals surface area contributed by atoms with Crippen molar-refractivity contribution >= 4 is 17.7 Å². The molecule has 0 spiro atoms. The predicted octanol–water partition coefficient (Wildman–Crippen LogP) is 4.12. The Morgan fingerprint density at radius 3 is 2.74 bits per heavy atom. The minimum absolute atomic E-state index is 0.248. The van der Waals surface area contributed by atoms with E-state index < -0.39 is 0 Å².